The lowest BCUT2D eigenvalue weighted by Crippen LogP contribution is -2.65. The Morgan fingerprint density at radius 3 is 2.15 bits per heavy atom. The number of aliphatic hydroxyl groups is 8. The molecule has 2 saturated heterocycles. The van der Waals surface area contributed by atoms with Crippen LogP contribution in [0.5, 0.6) is 0 Å². The van der Waals surface area contributed by atoms with Crippen LogP contribution in [0, 0.1) is 12.8 Å². The van der Waals surface area contributed by atoms with Crippen LogP contribution < -0.4 is 60.6 Å². The third kappa shape index (κ3) is 20.6. The Balaban J connectivity index is 1.25. The van der Waals surface area contributed by atoms with E-state index < -0.39 is 176 Å². The van der Waals surface area contributed by atoms with Gasteiger partial charge in [0.05, 0.1) is 72.4 Å². The topological polar surface area (TPSA) is 627 Å². The highest BCUT2D eigenvalue weighted by atomic mass is 32.2. The zero-order valence-corrected chi connectivity index (χ0v) is 54.6. The molecular formula is C54H82N17O21S3+. The second-order valence-corrected chi connectivity index (χ2v) is 26.7. The van der Waals surface area contributed by atoms with Gasteiger partial charge in [-0.2, -0.15) is 0 Å². The number of carbonyl (C=O) groups is 8. The summed E-state index contributed by atoms with van der Waals surface area (Å²) in [5.41, 5.74) is 27.9. The standard InChI is InChI=1S/C54H81N17O21S3/c1-19-31(68-44(71-42(19)57)24(12-29(56)74)63-13-23(55)43(58)80)48(84)70-33(39(25-14-60-18-64-25)89-53-41(36(77)37(78)51(86)92-53)90-52-38(79)40(91-54(59)87)35(76)28(15-72)88-52)49(85)65-21(3)34(75)20(2)45(81)69-32(22(4)73)47(83)62-10-8-30-66-27(17-93-30)50-67-26(16-94-50)46(82)61-9-7-11-95(5)6/h14,16-18,20-24,28,32-41,51-53,63,72-73,75-79,86H,7-13,15,55H2,1-6H3,(H13-,56,57,58,59,60,61,62,64,65,68,69,70,71,74,80,81,82,83,84,85,87)/p+1/t20-,21?,22+,23-,24?,28?,32?,33?,34?,35?,36?,37?,38?,39?,40?,41?,51?,52?,53?/m0/s1. The van der Waals surface area contributed by atoms with Gasteiger partial charge < -0.3 is 130 Å². The first-order chi connectivity index (χ1) is 44.8. The van der Waals surface area contributed by atoms with Crippen molar-refractivity contribution < 1.29 is 103 Å². The molecule has 16 unspecified atom stereocenters. The summed E-state index contributed by atoms with van der Waals surface area (Å²) in [7, 11) is 0.254. The lowest BCUT2D eigenvalue weighted by Gasteiger charge is -2.46. The first-order valence-corrected chi connectivity index (χ1v) is 33.3. The molecule has 4 aromatic rings. The number of H-pyrrole nitrogens is 1. The number of nitrogen functional groups attached to an aromatic ring is 1. The number of thiazole rings is 2. The average molecular weight is 1400 g/mol. The number of hydrogen-bond donors (Lipinski definition) is 20. The summed E-state index contributed by atoms with van der Waals surface area (Å²) in [5, 5.41) is 108. The molecule has 4 aromatic heterocycles. The van der Waals surface area contributed by atoms with Crippen molar-refractivity contribution in [2.24, 2.45) is 28.9 Å². The fraction of sp³-hybridized carbons (Fsp3) is 0.611. The quantitative estimate of drug-likeness (QED) is 0.0153. The van der Waals surface area contributed by atoms with Crippen LogP contribution >= 0.6 is 22.7 Å². The van der Waals surface area contributed by atoms with Gasteiger partial charge in [-0.1, -0.05) is 6.92 Å². The summed E-state index contributed by atoms with van der Waals surface area (Å²) in [6.07, 6.45) is -21.2. The first-order valence-electron chi connectivity index (χ1n) is 29.4. The fourth-order valence-corrected chi connectivity index (χ4v) is 11.9. The van der Waals surface area contributed by atoms with Crippen LogP contribution in [0.25, 0.3) is 10.7 Å². The van der Waals surface area contributed by atoms with E-state index in [9.17, 15) is 74.4 Å². The predicted octanol–water partition coefficient (Wildman–Crippen LogP) is -7.75. The first kappa shape index (κ1) is 76.7. The molecule has 41 heteroatoms. The molecule has 0 radical (unpaired) electrons. The van der Waals surface area contributed by atoms with E-state index >= 15 is 4.79 Å². The van der Waals surface area contributed by atoms with Gasteiger partial charge in [-0.15, -0.1) is 22.7 Å². The van der Waals surface area contributed by atoms with Crippen LogP contribution in [0.1, 0.15) is 88.8 Å². The van der Waals surface area contributed by atoms with Gasteiger partial charge in [0.25, 0.3) is 11.8 Å². The molecule has 0 spiro atoms. The monoisotopic (exact) mass is 1400 g/mol. The van der Waals surface area contributed by atoms with Crippen molar-refractivity contribution in [2.75, 3.05) is 50.2 Å². The van der Waals surface area contributed by atoms with Crippen LogP contribution in [-0.2, 0) is 65.0 Å². The Bertz CT molecular complexity index is 3260. The van der Waals surface area contributed by atoms with Crippen LogP contribution in [-0.4, -0.2) is 261 Å². The summed E-state index contributed by atoms with van der Waals surface area (Å²) in [5.74, 6) is -7.76. The molecule has 526 valence electrons. The third-order valence-corrected chi connectivity index (χ3v) is 17.8. The second kappa shape index (κ2) is 35.1. The van der Waals surface area contributed by atoms with Crippen molar-refractivity contribution in [1.29, 1.82) is 0 Å². The molecule has 38 nitrogen and oxygen atoms in total. The van der Waals surface area contributed by atoms with Crippen LogP contribution in [0.4, 0.5) is 10.6 Å². The van der Waals surface area contributed by atoms with Gasteiger partial charge in [0, 0.05) is 61.4 Å². The highest BCUT2D eigenvalue weighted by Crippen LogP contribution is 2.34. The highest BCUT2D eigenvalue weighted by Gasteiger charge is 2.54. The lowest BCUT2D eigenvalue weighted by molar-refractivity contribution is -0.390. The summed E-state index contributed by atoms with van der Waals surface area (Å²) in [6, 6.07) is -7.89. The fourth-order valence-electron chi connectivity index (χ4n) is 9.55. The van der Waals surface area contributed by atoms with Crippen LogP contribution in [0.15, 0.2) is 23.3 Å². The maximum Gasteiger partial charge on any atom is 0.404 e. The summed E-state index contributed by atoms with van der Waals surface area (Å²) >= 11 is 2.52. The minimum Gasteiger partial charge on any atom is -0.441 e. The summed E-state index contributed by atoms with van der Waals surface area (Å²) in [4.78, 5) is 130. The van der Waals surface area contributed by atoms with Crippen molar-refractivity contribution in [1.82, 2.24) is 61.8 Å². The molecular weight excluding hydrogens is 1320 g/mol. The summed E-state index contributed by atoms with van der Waals surface area (Å²) in [6.45, 7) is 4.16. The minimum atomic E-state index is -2.34. The normalized spacial score (nSPS) is 24.1. The Kier molecular flexibility index (Phi) is 28.3. The van der Waals surface area contributed by atoms with E-state index in [2.05, 4.69) is 74.3 Å². The molecule has 0 aliphatic carbocycles. The lowest BCUT2D eigenvalue weighted by atomic mass is 9.96. The number of nitrogens with one attached hydrogen (secondary N) is 7. The maximum atomic E-state index is 15.1. The largest absolute Gasteiger partial charge is 0.441 e. The molecule has 0 bridgehead atoms. The van der Waals surface area contributed by atoms with E-state index in [-0.39, 0.29) is 64.9 Å². The number of ether oxygens (including phenoxy) is 5. The van der Waals surface area contributed by atoms with Gasteiger partial charge in [-0.05, 0) is 31.7 Å². The van der Waals surface area contributed by atoms with Gasteiger partial charge in [0.15, 0.2) is 25.0 Å². The molecule has 0 saturated carbocycles. The number of amides is 8. The Hall–Kier alpha value is -7.30. The zero-order chi connectivity index (χ0) is 70.3. The van der Waals surface area contributed by atoms with Gasteiger partial charge in [-0.25, -0.2) is 29.7 Å². The van der Waals surface area contributed by atoms with Gasteiger partial charge in [-0.3, -0.25) is 33.6 Å². The molecule has 2 aliphatic heterocycles. The Labute approximate surface area is 552 Å². The number of nitrogens with two attached hydrogens (primary N) is 5. The van der Waals surface area contributed by atoms with Gasteiger partial charge in [0.2, 0.25) is 29.5 Å². The number of primary amides is 3. The second-order valence-electron chi connectivity index (χ2n) is 22.5. The molecule has 2 fully saturated rings. The number of carbonyl (C=O) groups excluding carboxylic acids is 8. The van der Waals surface area contributed by atoms with E-state index in [4.69, 9.17) is 52.4 Å². The number of imidazole rings is 1. The number of anilines is 1. The molecule has 8 amide bonds. The molecule has 95 heavy (non-hydrogen) atoms. The van der Waals surface area contributed by atoms with Crippen molar-refractivity contribution in [3.05, 3.63) is 56.8 Å². The highest BCUT2D eigenvalue weighted by molar-refractivity contribution is 7.95. The van der Waals surface area contributed by atoms with Crippen molar-refractivity contribution >= 4 is 86.8 Å². The third-order valence-electron chi connectivity index (χ3n) is 15.0. The number of aromatic amines is 1. The average Bonchev–Trinajstić information content (AvgIpc) is 1.32. The van der Waals surface area contributed by atoms with Crippen LogP contribution in [0.2, 0.25) is 0 Å². The number of rotatable bonds is 34. The van der Waals surface area contributed by atoms with Crippen molar-refractivity contribution in [3.8, 4) is 10.7 Å². The van der Waals surface area contributed by atoms with E-state index in [1.165, 1.54) is 50.4 Å². The number of nitrogens with zero attached hydrogens (tertiary/aromatic N) is 5. The Morgan fingerprint density at radius 1 is 0.800 bits per heavy atom. The summed E-state index contributed by atoms with van der Waals surface area (Å²) < 4.78 is 28.1. The van der Waals surface area contributed by atoms with Gasteiger partial charge in [0.1, 0.15) is 94.3 Å². The van der Waals surface area contributed by atoms with E-state index in [1.54, 1.807) is 10.8 Å². The molecule has 6 rings (SSSR count). The van der Waals surface area contributed by atoms with Crippen molar-refractivity contribution in [2.45, 2.75) is 157 Å². The minimum absolute atomic E-state index is 0.00668. The van der Waals surface area contributed by atoms with Crippen molar-refractivity contribution in [3.63, 3.8) is 0 Å². The molecule has 2 aliphatic rings. The number of aliphatic hydroxyl groups excluding tert-OH is 8. The Morgan fingerprint density at radius 2 is 1.52 bits per heavy atom. The number of hydrogen-bond acceptors (Lipinski definition) is 31. The molecule has 19 atom stereocenters. The number of aromatic nitrogens is 6. The maximum absolute atomic E-state index is 15.1. The van der Waals surface area contributed by atoms with E-state index in [1.807, 2.05) is 0 Å². The molecule has 6 heterocycles. The SMILES string of the molecule is Cc1c(N)nc(C(CC(N)=O)NC[C@H](N)C(N)=O)nc1C(=O)NC(C(=O)NC(C)C(O)[C@H](C)C(=O)NC(C(=O)NCCc1nc(-c2nc(C(=O)NCCC[S+](C)C)cs2)cs1)[C@@H](C)O)C(OC1OC(O)C(O)C(O)C1OC1OC(CO)C(O)C(OC(N)=O)C1O)c1c[nH]cn1. The van der Waals surface area contributed by atoms with Crippen LogP contribution in [0.3, 0.4) is 0 Å². The zero-order valence-electron chi connectivity index (χ0n) is 52.2. The van der Waals surface area contributed by atoms with E-state index in [0.717, 1.165) is 24.7 Å². The predicted molar refractivity (Wildman–Crippen MR) is 334 cm³/mol. The van der Waals surface area contributed by atoms with Gasteiger partial charge >= 0.3 is 6.09 Å². The molecule has 0 aromatic carbocycles. The smallest absolute Gasteiger partial charge is 0.404 e. The van der Waals surface area contributed by atoms with E-state index in [0.29, 0.717) is 22.3 Å². The molecule has 25 N–H and O–H groups in total.